The number of nitrogens with zero attached hydrogens (tertiary/aromatic N) is 3. The monoisotopic (exact) mass is 244 g/mol. The van der Waals surface area contributed by atoms with Crippen molar-refractivity contribution in [3.8, 4) is 6.01 Å². The predicted molar refractivity (Wildman–Crippen MR) is 64.0 cm³/mol. The molecule has 0 saturated carbocycles. The summed E-state index contributed by atoms with van der Waals surface area (Å²) in [6, 6.07) is 0.264. The standard InChI is InChI=1S/C10H17ClN4O/c1-3-5-6-7-12-9-13-8(11)14-10(15-9)16-4-2/h3-7H2,1-2H3,(H,12,13,14,15). The molecule has 0 radical (unpaired) electrons. The number of hydrogen-bond donors (Lipinski definition) is 1. The zero-order valence-electron chi connectivity index (χ0n) is 9.66. The van der Waals surface area contributed by atoms with Crippen LogP contribution in [-0.2, 0) is 0 Å². The number of unbranched alkanes of at least 4 members (excludes halogenated alkanes) is 2. The van der Waals surface area contributed by atoms with Crippen LogP contribution in [0.15, 0.2) is 0 Å². The average molecular weight is 245 g/mol. The van der Waals surface area contributed by atoms with Gasteiger partial charge in [-0.3, -0.25) is 0 Å². The first kappa shape index (κ1) is 13.0. The van der Waals surface area contributed by atoms with Gasteiger partial charge in [-0.15, -0.1) is 0 Å². The second-order valence-corrected chi connectivity index (χ2v) is 3.62. The molecule has 1 N–H and O–H groups in total. The van der Waals surface area contributed by atoms with Crippen molar-refractivity contribution in [2.75, 3.05) is 18.5 Å². The summed E-state index contributed by atoms with van der Waals surface area (Å²) in [6.45, 7) is 5.37. The number of ether oxygens (including phenoxy) is 1. The van der Waals surface area contributed by atoms with Crippen LogP contribution in [0.2, 0.25) is 5.28 Å². The molecule has 1 aromatic heterocycles. The van der Waals surface area contributed by atoms with Gasteiger partial charge in [-0.2, -0.15) is 15.0 Å². The van der Waals surface area contributed by atoms with Gasteiger partial charge in [0.25, 0.3) is 0 Å². The maximum Gasteiger partial charge on any atom is 0.322 e. The third kappa shape index (κ3) is 4.61. The number of halogens is 1. The summed E-state index contributed by atoms with van der Waals surface area (Å²) < 4.78 is 5.17. The molecule has 0 aromatic carbocycles. The highest BCUT2D eigenvalue weighted by Gasteiger charge is 2.04. The zero-order valence-corrected chi connectivity index (χ0v) is 10.4. The Balaban J connectivity index is 2.51. The van der Waals surface area contributed by atoms with E-state index in [4.69, 9.17) is 16.3 Å². The Labute approximate surface area is 101 Å². The zero-order chi connectivity index (χ0) is 11.8. The Morgan fingerprint density at radius 1 is 1.19 bits per heavy atom. The summed E-state index contributed by atoms with van der Waals surface area (Å²) >= 11 is 5.74. The van der Waals surface area contributed by atoms with Crippen LogP contribution in [0.3, 0.4) is 0 Å². The lowest BCUT2D eigenvalue weighted by atomic mass is 10.2. The SMILES string of the molecule is CCCCCNc1nc(Cl)nc(OCC)n1. The number of aromatic nitrogens is 3. The molecule has 0 bridgehead atoms. The summed E-state index contributed by atoms with van der Waals surface area (Å²) in [6.07, 6.45) is 3.46. The fourth-order valence-corrected chi connectivity index (χ4v) is 1.33. The van der Waals surface area contributed by atoms with Gasteiger partial charge in [0.2, 0.25) is 11.2 Å². The molecule has 0 spiro atoms. The van der Waals surface area contributed by atoms with Crippen molar-refractivity contribution in [1.82, 2.24) is 15.0 Å². The van der Waals surface area contributed by atoms with Crippen molar-refractivity contribution in [2.24, 2.45) is 0 Å². The van der Waals surface area contributed by atoms with Crippen molar-refractivity contribution in [3.05, 3.63) is 5.28 Å². The lowest BCUT2D eigenvalue weighted by Crippen LogP contribution is -2.08. The molecule has 1 rings (SSSR count). The first-order valence-corrected chi connectivity index (χ1v) is 5.92. The summed E-state index contributed by atoms with van der Waals surface area (Å²) in [5.74, 6) is 0.472. The second kappa shape index (κ2) is 7.22. The lowest BCUT2D eigenvalue weighted by Gasteiger charge is -2.06. The molecule has 0 unspecified atom stereocenters. The second-order valence-electron chi connectivity index (χ2n) is 3.28. The van der Waals surface area contributed by atoms with E-state index >= 15 is 0 Å². The van der Waals surface area contributed by atoms with E-state index in [1.54, 1.807) is 0 Å². The van der Waals surface area contributed by atoms with E-state index in [0.717, 1.165) is 13.0 Å². The molecule has 1 aromatic rings. The highest BCUT2D eigenvalue weighted by Crippen LogP contribution is 2.11. The molecule has 0 aliphatic heterocycles. The number of hydrogen-bond acceptors (Lipinski definition) is 5. The van der Waals surface area contributed by atoms with Crippen LogP contribution >= 0.6 is 11.6 Å². The maximum atomic E-state index is 5.74. The fraction of sp³-hybridized carbons (Fsp3) is 0.700. The smallest absolute Gasteiger partial charge is 0.322 e. The first-order chi connectivity index (χ1) is 7.76. The molecule has 0 amide bonds. The van der Waals surface area contributed by atoms with E-state index in [2.05, 4.69) is 27.2 Å². The summed E-state index contributed by atoms with van der Waals surface area (Å²) in [5.41, 5.74) is 0. The molecule has 90 valence electrons. The van der Waals surface area contributed by atoms with Crippen molar-refractivity contribution in [3.63, 3.8) is 0 Å². The van der Waals surface area contributed by atoms with Crippen molar-refractivity contribution < 1.29 is 4.74 Å². The molecule has 6 heteroatoms. The number of anilines is 1. The normalized spacial score (nSPS) is 10.2. The minimum atomic E-state index is 0.149. The van der Waals surface area contributed by atoms with Gasteiger partial charge in [0, 0.05) is 6.54 Å². The van der Waals surface area contributed by atoms with Gasteiger partial charge in [-0.1, -0.05) is 19.8 Å². The van der Waals surface area contributed by atoms with E-state index in [1.165, 1.54) is 12.8 Å². The van der Waals surface area contributed by atoms with Gasteiger partial charge in [-0.25, -0.2) is 0 Å². The van der Waals surface area contributed by atoms with Gasteiger partial charge < -0.3 is 10.1 Å². The fourth-order valence-electron chi connectivity index (χ4n) is 1.18. The topological polar surface area (TPSA) is 59.9 Å². The van der Waals surface area contributed by atoms with Gasteiger partial charge in [0.15, 0.2) is 0 Å². The van der Waals surface area contributed by atoms with Crippen molar-refractivity contribution in [2.45, 2.75) is 33.1 Å². The van der Waals surface area contributed by atoms with Gasteiger partial charge in [0.05, 0.1) is 6.61 Å². The van der Waals surface area contributed by atoms with Gasteiger partial charge in [-0.05, 0) is 24.9 Å². The molecule has 0 aliphatic carbocycles. The van der Waals surface area contributed by atoms with Crippen LogP contribution in [0.4, 0.5) is 5.95 Å². The van der Waals surface area contributed by atoms with E-state index in [9.17, 15) is 0 Å². The molecule has 0 fully saturated rings. The molecule has 0 atom stereocenters. The van der Waals surface area contributed by atoms with Crippen LogP contribution < -0.4 is 10.1 Å². The summed E-state index contributed by atoms with van der Waals surface area (Å²) in [4.78, 5) is 11.9. The minimum Gasteiger partial charge on any atom is -0.464 e. The molecule has 1 heterocycles. The Morgan fingerprint density at radius 3 is 2.69 bits per heavy atom. The van der Waals surface area contributed by atoms with Crippen LogP contribution in [0.1, 0.15) is 33.1 Å². The highest BCUT2D eigenvalue weighted by molar-refractivity contribution is 6.28. The van der Waals surface area contributed by atoms with Gasteiger partial charge >= 0.3 is 6.01 Å². The van der Waals surface area contributed by atoms with Crippen LogP contribution in [0.5, 0.6) is 6.01 Å². The lowest BCUT2D eigenvalue weighted by molar-refractivity contribution is 0.312. The first-order valence-electron chi connectivity index (χ1n) is 5.54. The van der Waals surface area contributed by atoms with E-state index in [-0.39, 0.29) is 11.3 Å². The minimum absolute atomic E-state index is 0.149. The largest absolute Gasteiger partial charge is 0.464 e. The predicted octanol–water partition coefficient (Wildman–Crippen LogP) is 2.53. The van der Waals surface area contributed by atoms with Crippen LogP contribution in [0, 0.1) is 0 Å². The van der Waals surface area contributed by atoms with E-state index in [1.807, 2.05) is 6.92 Å². The summed E-state index contributed by atoms with van der Waals surface area (Å²) in [7, 11) is 0. The Morgan fingerprint density at radius 2 is 2.00 bits per heavy atom. The van der Waals surface area contributed by atoms with Crippen molar-refractivity contribution in [1.29, 1.82) is 0 Å². The number of rotatable bonds is 7. The molecule has 0 saturated heterocycles. The molecule has 0 aliphatic rings. The maximum absolute atomic E-state index is 5.74. The molecular formula is C10H17ClN4O. The van der Waals surface area contributed by atoms with Crippen LogP contribution in [0.25, 0.3) is 0 Å². The van der Waals surface area contributed by atoms with E-state index < -0.39 is 0 Å². The molecule has 16 heavy (non-hydrogen) atoms. The molecular weight excluding hydrogens is 228 g/mol. The van der Waals surface area contributed by atoms with Crippen LogP contribution in [-0.4, -0.2) is 28.1 Å². The van der Waals surface area contributed by atoms with E-state index in [0.29, 0.717) is 12.6 Å². The quantitative estimate of drug-likeness (QED) is 0.747. The highest BCUT2D eigenvalue weighted by atomic mass is 35.5. The Hall–Kier alpha value is -1.10. The third-order valence-electron chi connectivity index (χ3n) is 1.92. The summed E-state index contributed by atoms with van der Waals surface area (Å²) in [5, 5.41) is 3.24. The number of nitrogens with one attached hydrogen (secondary N) is 1. The Bertz CT molecular complexity index is 322. The molecule has 5 nitrogen and oxygen atoms in total. The Kier molecular flexibility index (Phi) is 5.85. The van der Waals surface area contributed by atoms with Gasteiger partial charge in [0.1, 0.15) is 0 Å². The average Bonchev–Trinajstić information content (AvgIpc) is 2.24. The van der Waals surface area contributed by atoms with Crippen molar-refractivity contribution >= 4 is 17.5 Å². The third-order valence-corrected chi connectivity index (χ3v) is 2.09.